The molecular weight excluding hydrogens is 272 g/mol. The number of anilines is 1. The molecule has 1 amide bonds. The van der Waals surface area contributed by atoms with E-state index in [1.807, 2.05) is 17.5 Å². The Kier molecular flexibility index (Phi) is 3.85. The molecule has 2 rings (SSSR count). The monoisotopic (exact) mass is 280 g/mol. The summed E-state index contributed by atoms with van der Waals surface area (Å²) in [5.74, 6) is -1.67. The molecule has 5 nitrogen and oxygen atoms in total. The summed E-state index contributed by atoms with van der Waals surface area (Å²) >= 11 is 2.93. The van der Waals surface area contributed by atoms with E-state index in [1.165, 1.54) is 11.3 Å². The van der Waals surface area contributed by atoms with Gasteiger partial charge in [0.2, 0.25) is 5.91 Å². The first-order valence-corrected chi connectivity index (χ1v) is 6.56. The number of amides is 1. The zero-order valence-corrected chi connectivity index (χ0v) is 10.6. The number of thiazole rings is 1. The van der Waals surface area contributed by atoms with E-state index in [0.29, 0.717) is 5.13 Å². The van der Waals surface area contributed by atoms with Gasteiger partial charge in [0.1, 0.15) is 0 Å². The Morgan fingerprint density at radius 1 is 1.33 bits per heavy atom. The van der Waals surface area contributed by atoms with Crippen LogP contribution in [0.25, 0.3) is 9.75 Å². The lowest BCUT2D eigenvalue weighted by atomic mass is 10.4. The lowest BCUT2D eigenvalue weighted by Crippen LogP contribution is -2.08. The van der Waals surface area contributed by atoms with Gasteiger partial charge >= 0.3 is 5.97 Å². The highest BCUT2D eigenvalue weighted by Crippen LogP contribution is 2.31. The Hall–Kier alpha value is -1.99. The van der Waals surface area contributed by atoms with Crippen molar-refractivity contribution in [1.29, 1.82) is 0 Å². The molecule has 18 heavy (non-hydrogen) atoms. The summed E-state index contributed by atoms with van der Waals surface area (Å²) in [5.41, 5.74) is 0. The Morgan fingerprint density at radius 2 is 2.17 bits per heavy atom. The quantitative estimate of drug-likeness (QED) is 0.843. The maximum atomic E-state index is 11.3. The van der Waals surface area contributed by atoms with Gasteiger partial charge in [-0.25, -0.2) is 9.78 Å². The van der Waals surface area contributed by atoms with Gasteiger partial charge in [0, 0.05) is 23.2 Å². The van der Waals surface area contributed by atoms with Crippen LogP contribution in [0.4, 0.5) is 5.13 Å². The lowest BCUT2D eigenvalue weighted by Gasteiger charge is -1.94. The predicted molar refractivity (Wildman–Crippen MR) is 70.8 cm³/mol. The van der Waals surface area contributed by atoms with Gasteiger partial charge in [-0.3, -0.25) is 10.1 Å². The summed E-state index contributed by atoms with van der Waals surface area (Å²) in [6.07, 6.45) is 3.41. The molecule has 0 aromatic carbocycles. The topological polar surface area (TPSA) is 79.3 Å². The number of rotatable bonds is 4. The molecule has 0 aliphatic rings. The number of hydrogen-bond donors (Lipinski definition) is 2. The molecule has 0 fully saturated rings. The second-order valence-electron chi connectivity index (χ2n) is 3.17. The van der Waals surface area contributed by atoms with Crippen LogP contribution in [-0.2, 0) is 9.59 Å². The van der Waals surface area contributed by atoms with E-state index in [-0.39, 0.29) is 0 Å². The largest absolute Gasteiger partial charge is 0.478 e. The van der Waals surface area contributed by atoms with Gasteiger partial charge in [-0.15, -0.1) is 11.3 Å². The predicted octanol–water partition coefficient (Wildman–Crippen LogP) is 2.45. The van der Waals surface area contributed by atoms with Crippen LogP contribution in [-0.4, -0.2) is 22.0 Å². The number of nitrogens with one attached hydrogen (secondary N) is 1. The molecule has 2 aromatic heterocycles. The first-order valence-electron chi connectivity index (χ1n) is 4.87. The first kappa shape index (κ1) is 12.5. The highest BCUT2D eigenvalue weighted by atomic mass is 32.1. The van der Waals surface area contributed by atoms with E-state index in [1.54, 1.807) is 17.5 Å². The SMILES string of the molecule is O=C(O)/C=C/C(=O)Nc1ncc(-c2cccs2)s1. The number of carbonyl (C=O) groups is 2. The van der Waals surface area contributed by atoms with E-state index in [9.17, 15) is 9.59 Å². The summed E-state index contributed by atoms with van der Waals surface area (Å²) in [6, 6.07) is 3.90. The van der Waals surface area contributed by atoms with E-state index >= 15 is 0 Å². The van der Waals surface area contributed by atoms with Crippen LogP contribution < -0.4 is 5.32 Å². The van der Waals surface area contributed by atoms with Crippen molar-refractivity contribution in [2.24, 2.45) is 0 Å². The van der Waals surface area contributed by atoms with Crippen molar-refractivity contribution in [1.82, 2.24) is 4.98 Å². The molecule has 0 atom stereocenters. The standard InChI is InChI=1S/C11H8N2O3S2/c14-9(3-4-10(15)16)13-11-12-6-8(18-11)7-2-1-5-17-7/h1-6H,(H,15,16)(H,12,13,14)/b4-3+. The molecule has 2 heterocycles. The molecule has 0 spiro atoms. The smallest absolute Gasteiger partial charge is 0.328 e. The van der Waals surface area contributed by atoms with E-state index in [2.05, 4.69) is 10.3 Å². The van der Waals surface area contributed by atoms with Crippen LogP contribution >= 0.6 is 22.7 Å². The third-order valence-electron chi connectivity index (χ3n) is 1.88. The number of carboxylic acids is 1. The Labute approximate surface area is 110 Å². The molecule has 2 aromatic rings. The number of nitrogens with zero attached hydrogens (tertiary/aromatic N) is 1. The lowest BCUT2D eigenvalue weighted by molar-refractivity contribution is -0.131. The van der Waals surface area contributed by atoms with Crippen molar-refractivity contribution in [2.45, 2.75) is 0 Å². The summed E-state index contributed by atoms with van der Waals surface area (Å²) in [5, 5.41) is 13.3. The number of carbonyl (C=O) groups excluding carboxylic acids is 1. The molecule has 0 unspecified atom stereocenters. The molecule has 0 aliphatic heterocycles. The number of aliphatic carboxylic acids is 1. The highest BCUT2D eigenvalue weighted by Gasteiger charge is 2.07. The Bertz CT molecular complexity index is 587. The average Bonchev–Trinajstić information content (AvgIpc) is 2.95. The van der Waals surface area contributed by atoms with Crippen LogP contribution in [0.1, 0.15) is 0 Å². The van der Waals surface area contributed by atoms with Gasteiger partial charge in [-0.2, -0.15) is 0 Å². The molecular formula is C11H8N2O3S2. The molecule has 0 aliphatic carbocycles. The Morgan fingerprint density at radius 3 is 2.83 bits per heavy atom. The minimum absolute atomic E-state index is 0.443. The fourth-order valence-electron chi connectivity index (χ4n) is 1.16. The number of thiophene rings is 1. The fraction of sp³-hybridized carbons (Fsp3) is 0. The maximum absolute atomic E-state index is 11.3. The maximum Gasteiger partial charge on any atom is 0.328 e. The van der Waals surface area contributed by atoms with Crippen molar-refractivity contribution in [3.05, 3.63) is 35.9 Å². The zero-order chi connectivity index (χ0) is 13.0. The molecule has 0 saturated carbocycles. The summed E-state index contributed by atoms with van der Waals surface area (Å²) in [4.78, 5) is 27.6. The zero-order valence-electron chi connectivity index (χ0n) is 8.99. The van der Waals surface area contributed by atoms with Gasteiger partial charge in [0.25, 0.3) is 0 Å². The summed E-state index contributed by atoms with van der Waals surface area (Å²) in [7, 11) is 0. The van der Waals surface area contributed by atoms with Crippen molar-refractivity contribution in [3.63, 3.8) is 0 Å². The first-order chi connectivity index (χ1) is 8.65. The van der Waals surface area contributed by atoms with Crippen molar-refractivity contribution in [2.75, 3.05) is 5.32 Å². The minimum atomic E-state index is -1.16. The average molecular weight is 280 g/mol. The molecule has 92 valence electrons. The number of aromatic nitrogens is 1. The molecule has 2 N–H and O–H groups in total. The normalized spacial score (nSPS) is 10.7. The second kappa shape index (κ2) is 5.56. The van der Waals surface area contributed by atoms with Crippen LogP contribution in [0, 0.1) is 0 Å². The van der Waals surface area contributed by atoms with Gasteiger partial charge in [0.05, 0.1) is 4.88 Å². The van der Waals surface area contributed by atoms with Crippen LogP contribution in [0.15, 0.2) is 35.9 Å². The highest BCUT2D eigenvalue weighted by molar-refractivity contribution is 7.23. The minimum Gasteiger partial charge on any atom is -0.478 e. The van der Waals surface area contributed by atoms with Crippen LogP contribution in [0.3, 0.4) is 0 Å². The molecule has 7 heteroatoms. The van der Waals surface area contributed by atoms with Crippen molar-refractivity contribution < 1.29 is 14.7 Å². The van der Waals surface area contributed by atoms with Gasteiger partial charge < -0.3 is 5.11 Å². The molecule has 0 saturated heterocycles. The molecule has 0 radical (unpaired) electrons. The van der Waals surface area contributed by atoms with Gasteiger partial charge in [-0.1, -0.05) is 17.4 Å². The van der Waals surface area contributed by atoms with Crippen molar-refractivity contribution in [3.8, 4) is 9.75 Å². The fourth-order valence-corrected chi connectivity index (χ4v) is 2.80. The van der Waals surface area contributed by atoms with Crippen LogP contribution in [0.2, 0.25) is 0 Å². The molecule has 0 bridgehead atoms. The number of carboxylic acid groups (broad SMARTS) is 1. The van der Waals surface area contributed by atoms with Crippen molar-refractivity contribution >= 4 is 39.7 Å². The van der Waals surface area contributed by atoms with Crippen LogP contribution in [0.5, 0.6) is 0 Å². The van der Waals surface area contributed by atoms with Gasteiger partial charge in [-0.05, 0) is 11.4 Å². The Balaban J connectivity index is 2.03. The third-order valence-corrected chi connectivity index (χ3v) is 3.86. The second-order valence-corrected chi connectivity index (χ2v) is 5.15. The van der Waals surface area contributed by atoms with E-state index < -0.39 is 11.9 Å². The van der Waals surface area contributed by atoms with E-state index in [4.69, 9.17) is 5.11 Å². The summed E-state index contributed by atoms with van der Waals surface area (Å²) < 4.78 is 0. The van der Waals surface area contributed by atoms with Gasteiger partial charge in [0.15, 0.2) is 5.13 Å². The van der Waals surface area contributed by atoms with E-state index in [0.717, 1.165) is 21.9 Å². The summed E-state index contributed by atoms with van der Waals surface area (Å²) in [6.45, 7) is 0. The number of hydrogen-bond acceptors (Lipinski definition) is 5. The third kappa shape index (κ3) is 3.25.